The van der Waals surface area contributed by atoms with Crippen LogP contribution < -0.4 is 10.0 Å². The van der Waals surface area contributed by atoms with Crippen molar-refractivity contribution < 1.29 is 13.2 Å². The fraction of sp³-hybridized carbons (Fsp3) is 0.208. The molecule has 0 heterocycles. The van der Waals surface area contributed by atoms with Crippen LogP contribution in [0.1, 0.15) is 46.4 Å². The van der Waals surface area contributed by atoms with Crippen LogP contribution in [0, 0.1) is 0 Å². The van der Waals surface area contributed by atoms with Crippen molar-refractivity contribution in [3.05, 3.63) is 95.1 Å². The summed E-state index contributed by atoms with van der Waals surface area (Å²) < 4.78 is 27.6. The maximum absolute atomic E-state index is 12.8. The summed E-state index contributed by atoms with van der Waals surface area (Å²) in [5, 5.41) is 3.01. The highest BCUT2D eigenvalue weighted by Crippen LogP contribution is 2.25. The number of hydrogen-bond acceptors (Lipinski definition) is 3. The van der Waals surface area contributed by atoms with Gasteiger partial charge in [-0.2, -0.15) is 0 Å². The fourth-order valence-corrected chi connectivity index (χ4v) is 4.83. The molecule has 6 heteroatoms. The van der Waals surface area contributed by atoms with Crippen LogP contribution in [-0.4, -0.2) is 14.3 Å². The molecule has 0 radical (unpaired) electrons. The van der Waals surface area contributed by atoms with E-state index in [1.54, 1.807) is 42.5 Å². The number of sulfonamides is 1. The van der Waals surface area contributed by atoms with Crippen molar-refractivity contribution in [2.24, 2.45) is 0 Å². The molecule has 1 amide bonds. The SMILES string of the molecule is C[C@@H](NC(=O)c1cccc(NS(=O)(=O)c2ccccc2)c1)c1ccc2c(c1)CCC2. The normalized spacial score (nSPS) is 14.0. The van der Waals surface area contributed by atoms with Gasteiger partial charge in [0.1, 0.15) is 0 Å². The summed E-state index contributed by atoms with van der Waals surface area (Å²) in [6.45, 7) is 1.95. The molecule has 0 unspecified atom stereocenters. The molecule has 1 atom stereocenters. The predicted octanol–water partition coefficient (Wildman–Crippen LogP) is 4.47. The fourth-order valence-electron chi connectivity index (χ4n) is 3.76. The van der Waals surface area contributed by atoms with Crippen molar-refractivity contribution in [1.82, 2.24) is 5.32 Å². The Morgan fingerprint density at radius 3 is 2.47 bits per heavy atom. The number of anilines is 1. The van der Waals surface area contributed by atoms with Gasteiger partial charge in [0.15, 0.2) is 0 Å². The van der Waals surface area contributed by atoms with Crippen molar-refractivity contribution in [2.45, 2.75) is 37.1 Å². The number of fused-ring (bicyclic) bond motifs is 1. The van der Waals surface area contributed by atoms with Gasteiger partial charge in [-0.1, -0.05) is 42.5 Å². The first-order chi connectivity index (χ1) is 14.4. The monoisotopic (exact) mass is 420 g/mol. The molecule has 30 heavy (non-hydrogen) atoms. The molecule has 154 valence electrons. The largest absolute Gasteiger partial charge is 0.346 e. The zero-order valence-corrected chi connectivity index (χ0v) is 17.6. The number of carbonyl (C=O) groups is 1. The molecule has 0 aliphatic heterocycles. The summed E-state index contributed by atoms with van der Waals surface area (Å²) in [6, 6.07) is 20.9. The van der Waals surface area contributed by atoms with Gasteiger partial charge in [0.25, 0.3) is 15.9 Å². The lowest BCUT2D eigenvalue weighted by Gasteiger charge is -2.16. The molecule has 1 aliphatic rings. The van der Waals surface area contributed by atoms with Crippen LogP contribution in [0.2, 0.25) is 0 Å². The number of aryl methyl sites for hydroxylation is 2. The summed E-state index contributed by atoms with van der Waals surface area (Å²) in [4.78, 5) is 12.9. The van der Waals surface area contributed by atoms with Gasteiger partial charge in [0, 0.05) is 11.3 Å². The first-order valence-electron chi connectivity index (χ1n) is 10.0. The van der Waals surface area contributed by atoms with E-state index in [0.717, 1.165) is 18.4 Å². The molecule has 0 spiro atoms. The molecule has 1 aliphatic carbocycles. The Balaban J connectivity index is 1.47. The number of benzene rings is 3. The summed E-state index contributed by atoms with van der Waals surface area (Å²) >= 11 is 0. The molecule has 0 saturated heterocycles. The predicted molar refractivity (Wildman–Crippen MR) is 118 cm³/mol. The molecule has 0 fully saturated rings. The van der Waals surface area contributed by atoms with E-state index in [1.165, 1.54) is 29.7 Å². The standard InChI is InChI=1S/C24H24N2O3S/c1-17(19-14-13-18-7-5-8-20(18)15-19)25-24(27)21-9-6-10-22(16-21)26-30(28,29)23-11-3-2-4-12-23/h2-4,6,9-17,26H,5,7-8H2,1H3,(H,25,27)/t17-/m1/s1. The third kappa shape index (κ3) is 4.39. The maximum Gasteiger partial charge on any atom is 0.261 e. The third-order valence-corrected chi connectivity index (χ3v) is 6.80. The van der Waals surface area contributed by atoms with Crippen LogP contribution in [0.5, 0.6) is 0 Å². The molecular weight excluding hydrogens is 396 g/mol. The summed E-state index contributed by atoms with van der Waals surface area (Å²) in [7, 11) is -3.71. The van der Waals surface area contributed by atoms with Gasteiger partial charge in [-0.25, -0.2) is 8.42 Å². The van der Waals surface area contributed by atoms with Crippen LogP contribution in [0.25, 0.3) is 0 Å². The molecule has 0 saturated carbocycles. The Bertz CT molecular complexity index is 1170. The first-order valence-corrected chi connectivity index (χ1v) is 11.5. The molecule has 3 aromatic carbocycles. The van der Waals surface area contributed by atoms with E-state index >= 15 is 0 Å². The van der Waals surface area contributed by atoms with Crippen molar-refractivity contribution in [3.8, 4) is 0 Å². The molecule has 2 N–H and O–H groups in total. The van der Waals surface area contributed by atoms with Gasteiger partial charge in [0.05, 0.1) is 10.9 Å². The van der Waals surface area contributed by atoms with Gasteiger partial charge in [0.2, 0.25) is 0 Å². The van der Waals surface area contributed by atoms with Crippen LogP contribution >= 0.6 is 0 Å². The second-order valence-electron chi connectivity index (χ2n) is 7.58. The Kier molecular flexibility index (Phi) is 5.59. The van der Waals surface area contributed by atoms with Crippen molar-refractivity contribution in [1.29, 1.82) is 0 Å². The van der Waals surface area contributed by atoms with E-state index in [1.807, 2.05) is 6.92 Å². The lowest BCUT2D eigenvalue weighted by atomic mass is 10.0. The number of carbonyl (C=O) groups excluding carboxylic acids is 1. The van der Waals surface area contributed by atoms with Gasteiger partial charge in [-0.05, 0) is 73.2 Å². The van der Waals surface area contributed by atoms with Crippen LogP contribution in [0.15, 0.2) is 77.7 Å². The second-order valence-corrected chi connectivity index (χ2v) is 9.26. The molecule has 3 aromatic rings. The van der Waals surface area contributed by atoms with E-state index in [9.17, 15) is 13.2 Å². The highest BCUT2D eigenvalue weighted by atomic mass is 32.2. The third-order valence-electron chi connectivity index (χ3n) is 5.40. The zero-order chi connectivity index (χ0) is 21.1. The summed E-state index contributed by atoms with van der Waals surface area (Å²) in [6.07, 6.45) is 3.40. The van der Waals surface area contributed by atoms with E-state index in [4.69, 9.17) is 0 Å². The highest BCUT2D eigenvalue weighted by Gasteiger charge is 2.17. The maximum atomic E-state index is 12.8. The lowest BCUT2D eigenvalue weighted by molar-refractivity contribution is 0.0940. The minimum atomic E-state index is -3.71. The average molecular weight is 421 g/mol. The van der Waals surface area contributed by atoms with Gasteiger partial charge in [-0.3, -0.25) is 9.52 Å². The van der Waals surface area contributed by atoms with Crippen molar-refractivity contribution in [3.63, 3.8) is 0 Å². The average Bonchev–Trinajstić information content (AvgIpc) is 3.22. The molecule has 0 aromatic heterocycles. The molecule has 4 rings (SSSR count). The highest BCUT2D eigenvalue weighted by molar-refractivity contribution is 7.92. The Morgan fingerprint density at radius 1 is 0.900 bits per heavy atom. The van der Waals surface area contributed by atoms with Crippen LogP contribution in [0.4, 0.5) is 5.69 Å². The van der Waals surface area contributed by atoms with Crippen molar-refractivity contribution in [2.75, 3.05) is 4.72 Å². The van der Waals surface area contributed by atoms with E-state index in [2.05, 4.69) is 28.2 Å². The quantitative estimate of drug-likeness (QED) is 0.618. The van der Waals surface area contributed by atoms with Gasteiger partial charge in [-0.15, -0.1) is 0 Å². The van der Waals surface area contributed by atoms with Crippen LogP contribution in [-0.2, 0) is 22.9 Å². The van der Waals surface area contributed by atoms with Crippen LogP contribution in [0.3, 0.4) is 0 Å². The van der Waals surface area contributed by atoms with Crippen molar-refractivity contribution >= 4 is 21.6 Å². The number of nitrogens with one attached hydrogen (secondary N) is 2. The van der Waals surface area contributed by atoms with E-state index in [-0.39, 0.29) is 16.8 Å². The topological polar surface area (TPSA) is 75.3 Å². The van der Waals surface area contributed by atoms with E-state index in [0.29, 0.717) is 11.3 Å². The first kappa shape index (κ1) is 20.2. The Morgan fingerprint density at radius 2 is 1.67 bits per heavy atom. The minimum absolute atomic E-state index is 0.145. The molecule has 5 nitrogen and oxygen atoms in total. The number of rotatable bonds is 6. The number of hydrogen-bond donors (Lipinski definition) is 2. The Labute approximate surface area is 177 Å². The lowest BCUT2D eigenvalue weighted by Crippen LogP contribution is -2.26. The summed E-state index contributed by atoms with van der Waals surface area (Å²) in [5.74, 6) is -0.247. The molecular formula is C24H24N2O3S. The van der Waals surface area contributed by atoms with Gasteiger partial charge < -0.3 is 5.32 Å². The molecule has 0 bridgehead atoms. The van der Waals surface area contributed by atoms with E-state index < -0.39 is 10.0 Å². The smallest absolute Gasteiger partial charge is 0.261 e. The number of amides is 1. The second kappa shape index (κ2) is 8.32. The summed E-state index contributed by atoms with van der Waals surface area (Å²) in [5.41, 5.74) is 4.58. The Hall–Kier alpha value is -3.12. The zero-order valence-electron chi connectivity index (χ0n) is 16.8. The minimum Gasteiger partial charge on any atom is -0.346 e. The van der Waals surface area contributed by atoms with Gasteiger partial charge >= 0.3 is 0 Å².